The van der Waals surface area contributed by atoms with Crippen molar-refractivity contribution in [3.8, 4) is 0 Å². The second kappa shape index (κ2) is 7.48. The maximum absolute atomic E-state index is 11.5. The molecule has 28 heavy (non-hydrogen) atoms. The molecule has 7 heteroatoms. The zero-order valence-electron chi connectivity index (χ0n) is 15.3. The number of nitro benzene ring substituents is 1. The Kier molecular flexibility index (Phi) is 4.72. The highest BCUT2D eigenvalue weighted by Gasteiger charge is 2.17. The second-order valence-corrected chi connectivity index (χ2v) is 6.39. The Morgan fingerprint density at radius 1 is 1.00 bits per heavy atom. The van der Waals surface area contributed by atoms with Gasteiger partial charge >= 0.3 is 0 Å². The van der Waals surface area contributed by atoms with E-state index < -0.39 is 0 Å². The number of nitrogens with one attached hydrogen (secondary N) is 2. The predicted octanol–water partition coefficient (Wildman–Crippen LogP) is 4.74. The monoisotopic (exact) mass is 373 g/mol. The molecule has 1 aromatic heterocycles. The lowest BCUT2D eigenvalue weighted by atomic mass is 10.0. The van der Waals surface area contributed by atoms with E-state index in [-0.39, 0.29) is 10.6 Å². The van der Waals surface area contributed by atoms with Gasteiger partial charge in [0.05, 0.1) is 10.4 Å². The average molecular weight is 373 g/mol. The number of aromatic nitrogens is 2. The summed E-state index contributed by atoms with van der Waals surface area (Å²) in [5, 5.41) is 20.8. The van der Waals surface area contributed by atoms with Crippen molar-refractivity contribution in [1.82, 2.24) is 9.97 Å². The SMILES string of the molecule is CCNc1cc2ncnc(NCc3cccc4ccccc34)c2cc1[N+](=O)[O-]. The first-order valence-corrected chi connectivity index (χ1v) is 9.05. The van der Waals surface area contributed by atoms with Crippen LogP contribution in [0.1, 0.15) is 12.5 Å². The van der Waals surface area contributed by atoms with Crippen LogP contribution in [0.25, 0.3) is 21.7 Å². The molecule has 0 saturated carbocycles. The van der Waals surface area contributed by atoms with Crippen LogP contribution in [0.5, 0.6) is 0 Å². The summed E-state index contributed by atoms with van der Waals surface area (Å²) in [6.45, 7) is 3.03. The number of hydrogen-bond donors (Lipinski definition) is 2. The molecule has 0 saturated heterocycles. The standard InChI is InChI=1S/C21H19N5O2/c1-2-22-19-11-18-17(10-20(19)26(27)28)21(25-13-24-18)23-12-15-8-5-7-14-6-3-4-9-16(14)15/h3-11,13,22H,2,12H2,1H3,(H,23,24,25). The fraction of sp³-hybridized carbons (Fsp3) is 0.143. The fourth-order valence-electron chi connectivity index (χ4n) is 3.34. The van der Waals surface area contributed by atoms with Crippen LogP contribution in [-0.4, -0.2) is 21.4 Å². The third kappa shape index (κ3) is 3.29. The van der Waals surface area contributed by atoms with Crippen LogP contribution < -0.4 is 10.6 Å². The minimum Gasteiger partial charge on any atom is -0.380 e. The Morgan fingerprint density at radius 3 is 2.64 bits per heavy atom. The third-order valence-electron chi connectivity index (χ3n) is 4.64. The molecule has 140 valence electrons. The highest BCUT2D eigenvalue weighted by Crippen LogP contribution is 2.32. The van der Waals surface area contributed by atoms with E-state index in [1.165, 1.54) is 17.8 Å². The van der Waals surface area contributed by atoms with Crippen LogP contribution in [0, 0.1) is 10.1 Å². The van der Waals surface area contributed by atoms with Gasteiger partial charge in [-0.3, -0.25) is 10.1 Å². The van der Waals surface area contributed by atoms with Crippen LogP contribution in [0.15, 0.2) is 60.9 Å². The highest BCUT2D eigenvalue weighted by atomic mass is 16.6. The quantitative estimate of drug-likeness (QED) is 0.375. The molecule has 0 bridgehead atoms. The number of rotatable bonds is 6. The van der Waals surface area contributed by atoms with E-state index in [0.717, 1.165) is 10.9 Å². The molecule has 0 aliphatic heterocycles. The van der Waals surface area contributed by atoms with E-state index in [1.54, 1.807) is 6.07 Å². The molecule has 0 spiro atoms. The summed E-state index contributed by atoms with van der Waals surface area (Å²) in [6, 6.07) is 17.6. The number of nitro groups is 1. The van der Waals surface area contributed by atoms with Gasteiger partial charge < -0.3 is 10.6 Å². The molecular weight excluding hydrogens is 354 g/mol. The first kappa shape index (κ1) is 17.7. The molecule has 0 fully saturated rings. The number of benzene rings is 3. The van der Waals surface area contributed by atoms with Gasteiger partial charge in [-0.05, 0) is 29.3 Å². The molecule has 0 radical (unpaired) electrons. The summed E-state index contributed by atoms with van der Waals surface area (Å²) < 4.78 is 0. The normalized spacial score (nSPS) is 10.9. The van der Waals surface area contributed by atoms with Crippen molar-refractivity contribution in [3.05, 3.63) is 76.6 Å². The maximum atomic E-state index is 11.5. The molecule has 4 aromatic rings. The molecule has 3 aromatic carbocycles. The molecule has 2 N–H and O–H groups in total. The lowest BCUT2D eigenvalue weighted by Gasteiger charge is -2.12. The van der Waals surface area contributed by atoms with Gasteiger partial charge in [-0.25, -0.2) is 9.97 Å². The molecule has 7 nitrogen and oxygen atoms in total. The number of fused-ring (bicyclic) bond motifs is 2. The van der Waals surface area contributed by atoms with Crippen LogP contribution in [-0.2, 0) is 6.54 Å². The number of nitrogens with zero attached hydrogens (tertiary/aromatic N) is 3. The van der Waals surface area contributed by atoms with Crippen molar-refractivity contribution < 1.29 is 4.92 Å². The highest BCUT2D eigenvalue weighted by molar-refractivity contribution is 5.94. The van der Waals surface area contributed by atoms with Gasteiger partial charge in [0, 0.05) is 24.5 Å². The molecule has 0 aliphatic rings. The van der Waals surface area contributed by atoms with Gasteiger partial charge in [0.15, 0.2) is 0 Å². The summed E-state index contributed by atoms with van der Waals surface area (Å²) >= 11 is 0. The molecular formula is C21H19N5O2. The van der Waals surface area contributed by atoms with Crippen LogP contribution in [0.3, 0.4) is 0 Å². The summed E-state index contributed by atoms with van der Waals surface area (Å²) in [4.78, 5) is 19.7. The summed E-state index contributed by atoms with van der Waals surface area (Å²) in [7, 11) is 0. The van der Waals surface area contributed by atoms with E-state index in [0.29, 0.717) is 35.5 Å². The maximum Gasteiger partial charge on any atom is 0.293 e. The topological polar surface area (TPSA) is 93.0 Å². The summed E-state index contributed by atoms with van der Waals surface area (Å²) in [5.74, 6) is 0.573. The zero-order chi connectivity index (χ0) is 19.5. The molecule has 0 amide bonds. The van der Waals surface area contributed by atoms with E-state index in [1.807, 2.05) is 25.1 Å². The van der Waals surface area contributed by atoms with Crippen molar-refractivity contribution in [1.29, 1.82) is 0 Å². The van der Waals surface area contributed by atoms with Crippen LogP contribution >= 0.6 is 0 Å². The van der Waals surface area contributed by atoms with Crippen molar-refractivity contribution in [2.24, 2.45) is 0 Å². The lowest BCUT2D eigenvalue weighted by Crippen LogP contribution is -2.05. The second-order valence-electron chi connectivity index (χ2n) is 6.39. The molecule has 0 atom stereocenters. The van der Waals surface area contributed by atoms with Gasteiger partial charge in [0.25, 0.3) is 5.69 Å². The van der Waals surface area contributed by atoms with E-state index in [4.69, 9.17) is 0 Å². The van der Waals surface area contributed by atoms with Gasteiger partial charge in [-0.1, -0.05) is 42.5 Å². The molecule has 0 aliphatic carbocycles. The zero-order valence-corrected chi connectivity index (χ0v) is 15.3. The predicted molar refractivity (Wildman–Crippen MR) is 112 cm³/mol. The molecule has 1 heterocycles. The van der Waals surface area contributed by atoms with E-state index >= 15 is 0 Å². The largest absolute Gasteiger partial charge is 0.380 e. The third-order valence-corrected chi connectivity index (χ3v) is 4.64. The van der Waals surface area contributed by atoms with Crippen molar-refractivity contribution in [2.45, 2.75) is 13.5 Å². The van der Waals surface area contributed by atoms with E-state index in [9.17, 15) is 10.1 Å². The smallest absolute Gasteiger partial charge is 0.293 e. The first-order chi connectivity index (χ1) is 13.7. The summed E-state index contributed by atoms with van der Waals surface area (Å²) in [5.41, 5.74) is 2.25. The first-order valence-electron chi connectivity index (χ1n) is 9.05. The van der Waals surface area contributed by atoms with Gasteiger partial charge in [-0.2, -0.15) is 0 Å². The Labute approximate surface area is 161 Å². The average Bonchev–Trinajstić information content (AvgIpc) is 2.71. The van der Waals surface area contributed by atoms with Crippen molar-refractivity contribution in [2.75, 3.05) is 17.2 Å². The minimum absolute atomic E-state index is 0.0114. The van der Waals surface area contributed by atoms with Crippen LogP contribution in [0.4, 0.5) is 17.2 Å². The fourth-order valence-corrected chi connectivity index (χ4v) is 3.34. The number of hydrogen-bond acceptors (Lipinski definition) is 6. The Balaban J connectivity index is 1.72. The lowest BCUT2D eigenvalue weighted by molar-refractivity contribution is -0.383. The Bertz CT molecular complexity index is 1170. The summed E-state index contributed by atoms with van der Waals surface area (Å²) in [6.07, 6.45) is 1.47. The Hall–Kier alpha value is -3.74. The van der Waals surface area contributed by atoms with Crippen molar-refractivity contribution >= 4 is 38.9 Å². The van der Waals surface area contributed by atoms with Gasteiger partial charge in [0.1, 0.15) is 17.8 Å². The van der Waals surface area contributed by atoms with Gasteiger partial charge in [0.2, 0.25) is 0 Å². The number of anilines is 2. The minimum atomic E-state index is -0.390. The van der Waals surface area contributed by atoms with Crippen molar-refractivity contribution in [3.63, 3.8) is 0 Å². The molecule has 0 unspecified atom stereocenters. The Morgan fingerprint density at radius 2 is 1.82 bits per heavy atom. The van der Waals surface area contributed by atoms with E-state index in [2.05, 4.69) is 44.9 Å². The van der Waals surface area contributed by atoms with Gasteiger partial charge in [-0.15, -0.1) is 0 Å². The van der Waals surface area contributed by atoms with Crippen LogP contribution in [0.2, 0.25) is 0 Å². The molecule has 4 rings (SSSR count).